The Hall–Kier alpha value is -1.84. The molecule has 1 rings (SSSR count). The Morgan fingerprint density at radius 3 is 1.93 bits per heavy atom. The number of hydrogen-bond donors (Lipinski definition) is 1. The Balaban J connectivity index is 2.18. The van der Waals surface area contributed by atoms with Crippen LogP contribution in [0.25, 0.3) is 0 Å². The monoisotopic (exact) mass is 403 g/mol. The lowest BCUT2D eigenvalue weighted by Gasteiger charge is -2.17. The van der Waals surface area contributed by atoms with E-state index in [1.165, 1.54) is 57.8 Å². The van der Waals surface area contributed by atoms with Gasteiger partial charge in [-0.15, -0.1) is 0 Å². The molecular formula is C25H41NO3. The zero-order chi connectivity index (χ0) is 21.2. The third kappa shape index (κ3) is 13.1. The number of hydrogen-bond acceptors (Lipinski definition) is 3. The van der Waals surface area contributed by atoms with Crippen molar-refractivity contribution in [2.45, 2.75) is 103 Å². The van der Waals surface area contributed by atoms with Crippen LogP contribution in [0.5, 0.6) is 0 Å². The molecule has 1 aromatic carbocycles. The zero-order valence-electron chi connectivity index (χ0n) is 18.6. The second kappa shape index (κ2) is 17.1. The number of benzene rings is 1. The van der Waals surface area contributed by atoms with E-state index in [0.29, 0.717) is 19.4 Å². The molecule has 4 nitrogen and oxygen atoms in total. The predicted octanol–water partition coefficient (Wildman–Crippen LogP) is 5.98. The van der Waals surface area contributed by atoms with Crippen molar-refractivity contribution < 1.29 is 14.3 Å². The first-order chi connectivity index (χ1) is 14.2. The molecule has 29 heavy (non-hydrogen) atoms. The maximum atomic E-state index is 12.3. The molecule has 0 radical (unpaired) electrons. The number of nitrogens with one attached hydrogen (secondary N) is 1. The van der Waals surface area contributed by atoms with Crippen LogP contribution in [0, 0.1) is 0 Å². The fourth-order valence-electron chi connectivity index (χ4n) is 3.50. The van der Waals surface area contributed by atoms with Crippen LogP contribution >= 0.6 is 0 Å². The highest BCUT2D eigenvalue weighted by atomic mass is 16.5. The van der Waals surface area contributed by atoms with Gasteiger partial charge in [0, 0.05) is 12.8 Å². The van der Waals surface area contributed by atoms with Gasteiger partial charge in [0.15, 0.2) is 0 Å². The van der Waals surface area contributed by atoms with Gasteiger partial charge in [-0.05, 0) is 18.9 Å². The molecule has 0 aliphatic carbocycles. The van der Waals surface area contributed by atoms with Gasteiger partial charge < -0.3 is 10.1 Å². The normalized spacial score (nSPS) is 11.8. The van der Waals surface area contributed by atoms with Crippen LogP contribution in [-0.4, -0.2) is 24.5 Å². The summed E-state index contributed by atoms with van der Waals surface area (Å²) >= 11 is 0. The lowest BCUT2D eigenvalue weighted by atomic mass is 10.0. The van der Waals surface area contributed by atoms with Crippen molar-refractivity contribution in [1.29, 1.82) is 0 Å². The Bertz CT molecular complexity index is 544. The Morgan fingerprint density at radius 1 is 0.828 bits per heavy atom. The Kier molecular flexibility index (Phi) is 14.8. The van der Waals surface area contributed by atoms with E-state index in [2.05, 4.69) is 12.2 Å². The molecule has 0 aliphatic rings. The molecule has 1 amide bonds. The van der Waals surface area contributed by atoms with Crippen LogP contribution in [0.2, 0.25) is 0 Å². The summed E-state index contributed by atoms with van der Waals surface area (Å²) < 4.78 is 5.13. The van der Waals surface area contributed by atoms with Crippen LogP contribution in [-0.2, 0) is 20.7 Å². The molecule has 0 bridgehead atoms. The standard InChI is InChI=1S/C25H41NO3/c1-3-5-6-7-8-9-10-11-12-13-17-20-24(27)26-23(25(28)29-4-2)21-22-18-15-14-16-19-22/h14-16,18-19,23H,3-13,17,20-21H2,1-2H3,(H,26,27). The van der Waals surface area contributed by atoms with Crippen LogP contribution in [0.4, 0.5) is 0 Å². The molecule has 1 atom stereocenters. The smallest absolute Gasteiger partial charge is 0.328 e. The second-order valence-electron chi connectivity index (χ2n) is 7.85. The van der Waals surface area contributed by atoms with Crippen molar-refractivity contribution in [2.24, 2.45) is 0 Å². The molecule has 0 aliphatic heterocycles. The number of rotatable bonds is 17. The molecular weight excluding hydrogens is 362 g/mol. The van der Waals surface area contributed by atoms with Crippen LogP contribution in [0.1, 0.15) is 96.5 Å². The second-order valence-corrected chi connectivity index (χ2v) is 7.85. The van der Waals surface area contributed by atoms with Crippen molar-refractivity contribution in [3.05, 3.63) is 35.9 Å². The van der Waals surface area contributed by atoms with E-state index in [1.807, 2.05) is 30.3 Å². The first-order valence-electron chi connectivity index (χ1n) is 11.7. The summed E-state index contributed by atoms with van der Waals surface area (Å²) in [6.45, 7) is 4.35. The van der Waals surface area contributed by atoms with Gasteiger partial charge in [0.25, 0.3) is 0 Å². The minimum Gasteiger partial charge on any atom is -0.464 e. The van der Waals surface area contributed by atoms with Gasteiger partial charge in [0.1, 0.15) is 6.04 Å². The van der Waals surface area contributed by atoms with E-state index in [4.69, 9.17) is 4.74 Å². The van der Waals surface area contributed by atoms with Gasteiger partial charge in [-0.1, -0.05) is 101 Å². The van der Waals surface area contributed by atoms with Crippen molar-refractivity contribution in [3.8, 4) is 0 Å². The van der Waals surface area contributed by atoms with Crippen molar-refractivity contribution in [2.75, 3.05) is 6.61 Å². The SMILES string of the molecule is CCCCCCCCCCCCCC(=O)NC(Cc1ccccc1)C(=O)OCC. The van der Waals surface area contributed by atoms with E-state index in [1.54, 1.807) is 6.92 Å². The maximum absolute atomic E-state index is 12.3. The minimum absolute atomic E-state index is 0.0603. The molecule has 0 saturated heterocycles. The van der Waals surface area contributed by atoms with E-state index in [-0.39, 0.29) is 11.9 Å². The first-order valence-corrected chi connectivity index (χ1v) is 11.7. The number of ether oxygens (including phenoxy) is 1. The highest BCUT2D eigenvalue weighted by molar-refractivity contribution is 5.84. The van der Waals surface area contributed by atoms with Gasteiger partial charge in [-0.3, -0.25) is 4.79 Å². The quantitative estimate of drug-likeness (QED) is 0.257. The summed E-state index contributed by atoms with van der Waals surface area (Å²) in [5.41, 5.74) is 1.01. The van der Waals surface area contributed by atoms with Gasteiger partial charge >= 0.3 is 5.97 Å². The third-order valence-corrected chi connectivity index (χ3v) is 5.20. The average Bonchev–Trinajstić information content (AvgIpc) is 2.72. The van der Waals surface area contributed by atoms with Crippen molar-refractivity contribution >= 4 is 11.9 Å². The predicted molar refractivity (Wildman–Crippen MR) is 120 cm³/mol. The van der Waals surface area contributed by atoms with E-state index in [9.17, 15) is 9.59 Å². The lowest BCUT2D eigenvalue weighted by molar-refractivity contribution is -0.147. The fourth-order valence-corrected chi connectivity index (χ4v) is 3.50. The summed E-state index contributed by atoms with van der Waals surface area (Å²) in [5.74, 6) is -0.418. The number of carbonyl (C=O) groups is 2. The number of esters is 1. The molecule has 164 valence electrons. The summed E-state index contributed by atoms with van der Waals surface area (Å²) in [4.78, 5) is 24.5. The number of carbonyl (C=O) groups excluding carboxylic acids is 2. The van der Waals surface area contributed by atoms with E-state index >= 15 is 0 Å². The highest BCUT2D eigenvalue weighted by Gasteiger charge is 2.22. The molecule has 0 heterocycles. The third-order valence-electron chi connectivity index (χ3n) is 5.20. The Labute approximate surface area is 177 Å². The zero-order valence-corrected chi connectivity index (χ0v) is 18.6. The van der Waals surface area contributed by atoms with Crippen molar-refractivity contribution in [1.82, 2.24) is 5.32 Å². The van der Waals surface area contributed by atoms with Crippen LogP contribution in [0.15, 0.2) is 30.3 Å². The molecule has 1 N–H and O–H groups in total. The van der Waals surface area contributed by atoms with Gasteiger partial charge in [0.05, 0.1) is 6.61 Å². The molecule has 0 saturated carbocycles. The van der Waals surface area contributed by atoms with Gasteiger partial charge in [0.2, 0.25) is 5.91 Å². The molecule has 1 unspecified atom stereocenters. The molecule has 4 heteroatoms. The van der Waals surface area contributed by atoms with Crippen molar-refractivity contribution in [3.63, 3.8) is 0 Å². The van der Waals surface area contributed by atoms with Gasteiger partial charge in [-0.25, -0.2) is 4.79 Å². The Morgan fingerprint density at radius 2 is 1.38 bits per heavy atom. The molecule has 1 aromatic rings. The number of amides is 1. The van der Waals surface area contributed by atoms with E-state index < -0.39 is 6.04 Å². The molecule has 0 fully saturated rings. The summed E-state index contributed by atoms with van der Waals surface area (Å²) in [6, 6.07) is 9.12. The van der Waals surface area contributed by atoms with E-state index in [0.717, 1.165) is 18.4 Å². The fraction of sp³-hybridized carbons (Fsp3) is 0.680. The lowest BCUT2D eigenvalue weighted by Crippen LogP contribution is -2.43. The number of unbranched alkanes of at least 4 members (excludes halogenated alkanes) is 10. The van der Waals surface area contributed by atoms with Crippen LogP contribution < -0.4 is 5.32 Å². The maximum Gasteiger partial charge on any atom is 0.328 e. The summed E-state index contributed by atoms with van der Waals surface area (Å²) in [6.07, 6.45) is 14.8. The minimum atomic E-state index is -0.613. The topological polar surface area (TPSA) is 55.4 Å². The van der Waals surface area contributed by atoms with Gasteiger partial charge in [-0.2, -0.15) is 0 Å². The highest BCUT2D eigenvalue weighted by Crippen LogP contribution is 2.12. The summed E-state index contributed by atoms with van der Waals surface area (Å²) in [7, 11) is 0. The largest absolute Gasteiger partial charge is 0.464 e. The van der Waals surface area contributed by atoms with Crippen LogP contribution in [0.3, 0.4) is 0 Å². The molecule has 0 aromatic heterocycles. The summed E-state index contributed by atoms with van der Waals surface area (Å²) in [5, 5.41) is 2.87. The molecule has 0 spiro atoms. The first kappa shape index (κ1) is 25.2. The average molecular weight is 404 g/mol.